The van der Waals surface area contributed by atoms with E-state index in [-0.39, 0.29) is 6.04 Å². The van der Waals surface area contributed by atoms with Crippen LogP contribution in [0.2, 0.25) is 0 Å². The van der Waals surface area contributed by atoms with Gasteiger partial charge in [0.2, 0.25) is 0 Å². The number of hydrogen-bond donors (Lipinski definition) is 1. The Morgan fingerprint density at radius 3 is 2.75 bits per heavy atom. The Morgan fingerprint density at radius 1 is 1.44 bits per heavy atom. The third kappa shape index (κ3) is 2.20. The van der Waals surface area contributed by atoms with Gasteiger partial charge in [0.15, 0.2) is 0 Å². The molecule has 0 saturated heterocycles. The van der Waals surface area contributed by atoms with E-state index in [0.29, 0.717) is 0 Å². The molecule has 0 fully saturated rings. The molecule has 0 bridgehead atoms. The number of nitrogens with one attached hydrogen (secondary N) is 1. The molecule has 3 heteroatoms. The van der Waals surface area contributed by atoms with Crippen LogP contribution >= 0.6 is 11.3 Å². The van der Waals surface area contributed by atoms with Crippen LogP contribution in [0.3, 0.4) is 0 Å². The Kier molecular flexibility index (Phi) is 3.46. The van der Waals surface area contributed by atoms with Gasteiger partial charge in [0.1, 0.15) is 11.8 Å². The van der Waals surface area contributed by atoms with E-state index in [4.69, 9.17) is 4.42 Å². The fraction of sp³-hybridized carbons (Fsp3) is 0.385. The second-order valence-electron chi connectivity index (χ2n) is 3.89. The molecule has 1 N–H and O–H groups in total. The molecule has 1 atom stereocenters. The molecule has 2 heterocycles. The zero-order chi connectivity index (χ0) is 11.5. The predicted molar refractivity (Wildman–Crippen MR) is 68.0 cm³/mol. The van der Waals surface area contributed by atoms with E-state index in [1.165, 1.54) is 15.3 Å². The highest BCUT2D eigenvalue weighted by Crippen LogP contribution is 2.30. The Hall–Kier alpha value is -1.06. The molecule has 0 aliphatic carbocycles. The highest BCUT2D eigenvalue weighted by molar-refractivity contribution is 7.12. The zero-order valence-corrected chi connectivity index (χ0v) is 10.7. The zero-order valence-electron chi connectivity index (χ0n) is 9.91. The summed E-state index contributed by atoms with van der Waals surface area (Å²) >= 11 is 1.84. The van der Waals surface area contributed by atoms with Crippen molar-refractivity contribution < 1.29 is 4.42 Å². The van der Waals surface area contributed by atoms with E-state index in [9.17, 15) is 0 Å². The Morgan fingerprint density at radius 2 is 2.25 bits per heavy atom. The summed E-state index contributed by atoms with van der Waals surface area (Å²) in [6.07, 6.45) is 1.73. The number of rotatable bonds is 4. The van der Waals surface area contributed by atoms with Gasteiger partial charge in [-0.15, -0.1) is 11.3 Å². The minimum Gasteiger partial charge on any atom is -0.467 e. The van der Waals surface area contributed by atoms with Crippen LogP contribution in [0.25, 0.3) is 0 Å². The Bertz CT molecular complexity index is 425. The minimum atomic E-state index is 0.192. The van der Waals surface area contributed by atoms with Gasteiger partial charge in [-0.2, -0.15) is 0 Å². The molecule has 0 aliphatic rings. The van der Waals surface area contributed by atoms with E-state index < -0.39 is 0 Å². The quantitative estimate of drug-likeness (QED) is 0.875. The molecular weight excluding hydrogens is 218 g/mol. The maximum absolute atomic E-state index is 5.50. The number of furan rings is 1. The van der Waals surface area contributed by atoms with Crippen molar-refractivity contribution in [1.82, 2.24) is 5.32 Å². The largest absolute Gasteiger partial charge is 0.467 e. The highest BCUT2D eigenvalue weighted by atomic mass is 32.1. The van der Waals surface area contributed by atoms with Gasteiger partial charge in [0.25, 0.3) is 0 Å². The monoisotopic (exact) mass is 235 g/mol. The van der Waals surface area contributed by atoms with Gasteiger partial charge >= 0.3 is 0 Å². The minimum absolute atomic E-state index is 0.192. The van der Waals surface area contributed by atoms with E-state index in [0.717, 1.165) is 12.3 Å². The second kappa shape index (κ2) is 4.85. The van der Waals surface area contributed by atoms with Gasteiger partial charge < -0.3 is 9.73 Å². The number of hydrogen-bond acceptors (Lipinski definition) is 3. The summed E-state index contributed by atoms with van der Waals surface area (Å²) in [6.45, 7) is 7.36. The molecule has 86 valence electrons. The summed E-state index contributed by atoms with van der Waals surface area (Å²) in [4.78, 5) is 2.70. The molecule has 0 radical (unpaired) electrons. The topological polar surface area (TPSA) is 25.2 Å². The highest BCUT2D eigenvalue weighted by Gasteiger charge is 2.18. The van der Waals surface area contributed by atoms with E-state index >= 15 is 0 Å². The Balaban J connectivity index is 2.32. The fourth-order valence-electron chi connectivity index (χ4n) is 1.75. The molecule has 0 amide bonds. The summed E-state index contributed by atoms with van der Waals surface area (Å²) in [5, 5.41) is 3.46. The second-order valence-corrected chi connectivity index (χ2v) is 5.18. The van der Waals surface area contributed by atoms with Crippen LogP contribution in [0.1, 0.15) is 34.0 Å². The van der Waals surface area contributed by atoms with Crippen molar-refractivity contribution in [3.8, 4) is 0 Å². The smallest absolute Gasteiger partial charge is 0.126 e. The molecule has 0 spiro atoms. The molecule has 0 aliphatic heterocycles. The summed E-state index contributed by atoms with van der Waals surface area (Å²) < 4.78 is 5.50. The lowest BCUT2D eigenvalue weighted by Crippen LogP contribution is -2.20. The summed E-state index contributed by atoms with van der Waals surface area (Å²) in [7, 11) is 0. The van der Waals surface area contributed by atoms with Crippen molar-refractivity contribution in [2.45, 2.75) is 26.8 Å². The van der Waals surface area contributed by atoms with E-state index in [1.807, 2.05) is 23.5 Å². The molecule has 1 unspecified atom stereocenters. The average Bonchev–Trinajstić information content (AvgIpc) is 2.86. The summed E-state index contributed by atoms with van der Waals surface area (Å²) in [5.41, 5.74) is 1.36. The normalized spacial score (nSPS) is 12.9. The average molecular weight is 235 g/mol. The van der Waals surface area contributed by atoms with Crippen LogP contribution in [-0.2, 0) is 0 Å². The van der Waals surface area contributed by atoms with E-state index in [2.05, 4.69) is 32.2 Å². The molecular formula is C13H17NOS. The standard InChI is InChI=1S/C13H17NOS/c1-4-14-13(11-6-5-7-15-11)12-8-9(2)10(3)16-12/h5-8,13-14H,4H2,1-3H3. The molecule has 2 aromatic rings. The third-order valence-electron chi connectivity index (χ3n) is 2.71. The van der Waals surface area contributed by atoms with Crippen LogP contribution in [0, 0.1) is 13.8 Å². The van der Waals surface area contributed by atoms with Crippen molar-refractivity contribution in [1.29, 1.82) is 0 Å². The van der Waals surface area contributed by atoms with Gasteiger partial charge in [0, 0.05) is 9.75 Å². The van der Waals surface area contributed by atoms with Gasteiger partial charge in [-0.1, -0.05) is 6.92 Å². The fourth-order valence-corrected chi connectivity index (χ4v) is 2.87. The van der Waals surface area contributed by atoms with Gasteiger partial charge in [0.05, 0.1) is 6.26 Å². The maximum atomic E-state index is 5.50. The molecule has 2 aromatic heterocycles. The van der Waals surface area contributed by atoms with Gasteiger partial charge in [-0.25, -0.2) is 0 Å². The molecule has 2 rings (SSSR count). The predicted octanol–water partition coefficient (Wildman–Crippen LogP) is 3.66. The molecule has 0 aromatic carbocycles. The first-order chi connectivity index (χ1) is 7.72. The van der Waals surface area contributed by atoms with Gasteiger partial charge in [-0.3, -0.25) is 0 Å². The summed E-state index contributed by atoms with van der Waals surface area (Å²) in [5.74, 6) is 0.989. The third-order valence-corrected chi connectivity index (χ3v) is 3.92. The van der Waals surface area contributed by atoms with Crippen LogP contribution in [0.4, 0.5) is 0 Å². The van der Waals surface area contributed by atoms with Crippen molar-refractivity contribution in [3.63, 3.8) is 0 Å². The van der Waals surface area contributed by atoms with Crippen LogP contribution < -0.4 is 5.32 Å². The Labute approximate surface area is 100 Å². The maximum Gasteiger partial charge on any atom is 0.126 e. The SMILES string of the molecule is CCNC(c1ccco1)c1cc(C)c(C)s1. The lowest BCUT2D eigenvalue weighted by Gasteiger charge is -2.13. The lowest BCUT2D eigenvalue weighted by molar-refractivity contribution is 0.455. The lowest BCUT2D eigenvalue weighted by atomic mass is 10.1. The first kappa shape index (κ1) is 11.4. The van der Waals surface area contributed by atoms with Crippen molar-refractivity contribution in [2.75, 3.05) is 6.54 Å². The number of thiophene rings is 1. The summed E-state index contributed by atoms with van der Waals surface area (Å²) in [6, 6.07) is 6.40. The first-order valence-electron chi connectivity index (χ1n) is 5.56. The first-order valence-corrected chi connectivity index (χ1v) is 6.37. The van der Waals surface area contributed by atoms with Crippen LogP contribution in [-0.4, -0.2) is 6.54 Å². The van der Waals surface area contributed by atoms with Gasteiger partial charge in [-0.05, 0) is 44.2 Å². The van der Waals surface area contributed by atoms with Crippen molar-refractivity contribution in [2.24, 2.45) is 0 Å². The van der Waals surface area contributed by atoms with Crippen LogP contribution in [0.5, 0.6) is 0 Å². The van der Waals surface area contributed by atoms with Crippen molar-refractivity contribution in [3.05, 3.63) is 45.5 Å². The van der Waals surface area contributed by atoms with Crippen molar-refractivity contribution >= 4 is 11.3 Å². The molecule has 16 heavy (non-hydrogen) atoms. The molecule has 0 saturated carbocycles. The molecule has 2 nitrogen and oxygen atoms in total. The van der Waals surface area contributed by atoms with E-state index in [1.54, 1.807) is 6.26 Å². The van der Waals surface area contributed by atoms with Crippen LogP contribution in [0.15, 0.2) is 28.9 Å². The number of aryl methyl sites for hydroxylation is 2.